The normalized spacial score (nSPS) is 13.5. The van der Waals surface area contributed by atoms with Crippen LogP contribution in [0.4, 0.5) is 5.69 Å². The van der Waals surface area contributed by atoms with Gasteiger partial charge in [-0.3, -0.25) is 19.7 Å². The summed E-state index contributed by atoms with van der Waals surface area (Å²) in [7, 11) is 1.34. The zero-order valence-electron chi connectivity index (χ0n) is 12.9. The Morgan fingerprint density at radius 2 is 1.91 bits per heavy atom. The van der Waals surface area contributed by atoms with Crippen molar-refractivity contribution in [1.82, 2.24) is 0 Å². The number of hydrogen-bond acceptors (Lipinski definition) is 6. The van der Waals surface area contributed by atoms with Crippen LogP contribution < -0.4 is 0 Å². The Hall–Kier alpha value is -2.28. The lowest BCUT2D eigenvalue weighted by Gasteiger charge is -2.23. The number of ketones is 1. The maximum Gasteiger partial charge on any atom is 0.319 e. The number of esters is 1. The van der Waals surface area contributed by atoms with Crippen molar-refractivity contribution in [3.63, 3.8) is 0 Å². The summed E-state index contributed by atoms with van der Waals surface area (Å²) in [6.45, 7) is 4.60. The Kier molecular flexibility index (Phi) is 6.18. The summed E-state index contributed by atoms with van der Waals surface area (Å²) in [6, 6.07) is 5.66. The first-order valence-corrected chi connectivity index (χ1v) is 6.76. The summed E-state index contributed by atoms with van der Waals surface area (Å²) in [5.74, 6) is -2.31. The van der Waals surface area contributed by atoms with Gasteiger partial charge in [-0.25, -0.2) is 0 Å². The SMILES string of the molecule is COC(c1cccc([N+](=O)[O-])c1)C(C(C)=O)C(=O)OC(C)C. The van der Waals surface area contributed by atoms with Gasteiger partial charge in [0, 0.05) is 19.2 Å². The molecule has 1 aromatic carbocycles. The smallest absolute Gasteiger partial charge is 0.319 e. The molecule has 0 aliphatic rings. The van der Waals surface area contributed by atoms with Crippen LogP contribution in [0, 0.1) is 16.0 Å². The Balaban J connectivity index is 3.19. The number of hydrogen-bond donors (Lipinski definition) is 0. The van der Waals surface area contributed by atoms with Gasteiger partial charge in [-0.05, 0) is 26.3 Å². The van der Waals surface area contributed by atoms with E-state index in [9.17, 15) is 19.7 Å². The molecule has 2 atom stereocenters. The molecule has 0 amide bonds. The van der Waals surface area contributed by atoms with Crippen molar-refractivity contribution in [2.24, 2.45) is 5.92 Å². The molecular formula is C15H19NO6. The van der Waals surface area contributed by atoms with E-state index in [1.807, 2.05) is 0 Å². The van der Waals surface area contributed by atoms with E-state index in [-0.39, 0.29) is 11.8 Å². The van der Waals surface area contributed by atoms with Crippen LogP contribution in [0.1, 0.15) is 32.4 Å². The minimum atomic E-state index is -1.17. The first-order valence-electron chi connectivity index (χ1n) is 6.76. The van der Waals surface area contributed by atoms with Gasteiger partial charge in [0.1, 0.15) is 17.8 Å². The lowest BCUT2D eigenvalue weighted by molar-refractivity contribution is -0.385. The van der Waals surface area contributed by atoms with Crippen molar-refractivity contribution in [2.75, 3.05) is 7.11 Å². The van der Waals surface area contributed by atoms with Crippen LogP contribution in [0.2, 0.25) is 0 Å². The van der Waals surface area contributed by atoms with Crippen LogP contribution in [0.5, 0.6) is 0 Å². The lowest BCUT2D eigenvalue weighted by atomic mass is 9.92. The van der Waals surface area contributed by atoms with Crippen molar-refractivity contribution in [1.29, 1.82) is 0 Å². The molecule has 22 heavy (non-hydrogen) atoms. The molecule has 0 aliphatic heterocycles. The van der Waals surface area contributed by atoms with Crippen LogP contribution in [0.3, 0.4) is 0 Å². The van der Waals surface area contributed by atoms with E-state index in [0.29, 0.717) is 5.56 Å². The number of nitro groups is 1. The Labute approximate surface area is 128 Å². The summed E-state index contributed by atoms with van der Waals surface area (Å²) >= 11 is 0. The summed E-state index contributed by atoms with van der Waals surface area (Å²) in [5, 5.41) is 10.9. The molecule has 0 bridgehead atoms. The number of Topliss-reactive ketones (excluding diaryl/α,β-unsaturated/α-hetero) is 1. The van der Waals surface area contributed by atoms with Crippen molar-refractivity contribution in [3.8, 4) is 0 Å². The molecule has 7 heteroatoms. The van der Waals surface area contributed by atoms with Crippen LogP contribution >= 0.6 is 0 Å². The first kappa shape index (κ1) is 17.8. The fraction of sp³-hybridized carbons (Fsp3) is 0.467. The zero-order valence-corrected chi connectivity index (χ0v) is 12.9. The molecule has 0 spiro atoms. The minimum absolute atomic E-state index is 0.140. The highest BCUT2D eigenvalue weighted by Gasteiger charge is 2.36. The monoisotopic (exact) mass is 309 g/mol. The molecule has 0 radical (unpaired) electrons. The third-order valence-corrected chi connectivity index (χ3v) is 3.01. The molecule has 1 rings (SSSR count). The van der Waals surface area contributed by atoms with Gasteiger partial charge < -0.3 is 9.47 Å². The van der Waals surface area contributed by atoms with Crippen LogP contribution in [0.15, 0.2) is 24.3 Å². The van der Waals surface area contributed by atoms with E-state index in [1.165, 1.54) is 32.2 Å². The predicted molar refractivity (Wildman–Crippen MR) is 78.2 cm³/mol. The average molecular weight is 309 g/mol. The number of nitrogens with zero attached hydrogens (tertiary/aromatic N) is 1. The molecule has 0 saturated heterocycles. The number of benzene rings is 1. The molecule has 7 nitrogen and oxygen atoms in total. The molecule has 2 unspecified atom stereocenters. The second-order valence-corrected chi connectivity index (χ2v) is 5.08. The van der Waals surface area contributed by atoms with Gasteiger partial charge in [-0.15, -0.1) is 0 Å². The van der Waals surface area contributed by atoms with Crippen LogP contribution in [0.25, 0.3) is 0 Å². The third-order valence-electron chi connectivity index (χ3n) is 3.01. The van der Waals surface area contributed by atoms with E-state index >= 15 is 0 Å². The van der Waals surface area contributed by atoms with Crippen molar-refractivity contribution in [2.45, 2.75) is 33.0 Å². The maximum absolute atomic E-state index is 12.1. The van der Waals surface area contributed by atoms with Crippen molar-refractivity contribution < 1.29 is 24.0 Å². The Bertz CT molecular complexity index is 569. The van der Waals surface area contributed by atoms with E-state index in [1.54, 1.807) is 19.9 Å². The van der Waals surface area contributed by atoms with Gasteiger partial charge in [0.2, 0.25) is 0 Å². The molecule has 0 aliphatic carbocycles. The van der Waals surface area contributed by atoms with Gasteiger partial charge in [-0.2, -0.15) is 0 Å². The highest BCUT2D eigenvalue weighted by atomic mass is 16.6. The second kappa shape index (κ2) is 7.65. The van der Waals surface area contributed by atoms with E-state index in [4.69, 9.17) is 9.47 Å². The number of non-ortho nitro benzene ring substituents is 1. The largest absolute Gasteiger partial charge is 0.462 e. The highest BCUT2D eigenvalue weighted by molar-refractivity contribution is 5.98. The van der Waals surface area contributed by atoms with Gasteiger partial charge in [0.05, 0.1) is 11.0 Å². The lowest BCUT2D eigenvalue weighted by Crippen LogP contribution is -2.32. The molecule has 0 N–H and O–H groups in total. The third kappa shape index (κ3) is 4.36. The van der Waals surface area contributed by atoms with Gasteiger partial charge in [0.15, 0.2) is 0 Å². The molecule has 0 heterocycles. The fourth-order valence-electron chi connectivity index (χ4n) is 2.09. The molecule has 0 fully saturated rings. The van der Waals surface area contributed by atoms with Crippen LogP contribution in [-0.4, -0.2) is 29.9 Å². The predicted octanol–water partition coefficient (Wildman–Crippen LogP) is 2.44. The fourth-order valence-corrected chi connectivity index (χ4v) is 2.09. The number of carbonyl (C=O) groups is 2. The highest BCUT2D eigenvalue weighted by Crippen LogP contribution is 2.30. The number of rotatable bonds is 7. The molecular weight excluding hydrogens is 290 g/mol. The summed E-state index contributed by atoms with van der Waals surface area (Å²) in [5.41, 5.74) is 0.233. The number of carbonyl (C=O) groups excluding carboxylic acids is 2. The Morgan fingerprint density at radius 3 is 2.36 bits per heavy atom. The summed E-state index contributed by atoms with van der Waals surface area (Å²) in [4.78, 5) is 34.3. The van der Waals surface area contributed by atoms with E-state index < -0.39 is 28.7 Å². The molecule has 0 aromatic heterocycles. The van der Waals surface area contributed by atoms with Gasteiger partial charge in [-0.1, -0.05) is 12.1 Å². The Morgan fingerprint density at radius 1 is 1.27 bits per heavy atom. The first-order chi connectivity index (χ1) is 10.3. The molecule has 1 aromatic rings. The summed E-state index contributed by atoms with van der Waals surface area (Å²) in [6.07, 6.45) is -1.32. The number of methoxy groups -OCH3 is 1. The summed E-state index contributed by atoms with van der Waals surface area (Å²) < 4.78 is 10.3. The average Bonchev–Trinajstić information content (AvgIpc) is 2.43. The van der Waals surface area contributed by atoms with E-state index in [0.717, 1.165) is 0 Å². The second-order valence-electron chi connectivity index (χ2n) is 5.08. The maximum atomic E-state index is 12.1. The van der Waals surface area contributed by atoms with Crippen molar-refractivity contribution >= 4 is 17.4 Å². The van der Waals surface area contributed by atoms with Gasteiger partial charge in [0.25, 0.3) is 5.69 Å². The molecule has 120 valence electrons. The quantitative estimate of drug-likeness (QED) is 0.332. The van der Waals surface area contributed by atoms with Gasteiger partial charge >= 0.3 is 5.97 Å². The zero-order chi connectivity index (χ0) is 16.9. The van der Waals surface area contributed by atoms with Crippen LogP contribution in [-0.2, 0) is 19.1 Å². The minimum Gasteiger partial charge on any atom is -0.462 e. The van der Waals surface area contributed by atoms with Crippen molar-refractivity contribution in [3.05, 3.63) is 39.9 Å². The molecule has 0 saturated carbocycles. The number of ether oxygens (including phenoxy) is 2. The van der Waals surface area contributed by atoms with E-state index in [2.05, 4.69) is 0 Å². The topological polar surface area (TPSA) is 95.7 Å². The number of nitro benzene ring substituents is 1. The standard InChI is InChI=1S/C15H19NO6/c1-9(2)22-15(18)13(10(3)17)14(21-4)11-6-5-7-12(8-11)16(19)20/h5-9,13-14H,1-4H3.